The summed E-state index contributed by atoms with van der Waals surface area (Å²) in [5, 5.41) is 4.76. The lowest BCUT2D eigenvalue weighted by molar-refractivity contribution is 0.0905. The standard InChI is InChI=1S/C16H21N3O/c1-10(16(2,3)4)18-15(20)13-9-11-7-5-6-8-12(11)14(17)19-13/h5-10H,1-4H3,(H2,17,19)(H,18,20). The quantitative estimate of drug-likeness (QED) is 0.882. The van der Waals surface area contributed by atoms with Gasteiger partial charge in [-0.15, -0.1) is 0 Å². The lowest BCUT2D eigenvalue weighted by Gasteiger charge is -2.27. The molecule has 0 radical (unpaired) electrons. The number of rotatable bonds is 2. The monoisotopic (exact) mass is 271 g/mol. The van der Waals surface area contributed by atoms with Crippen LogP contribution in [0.4, 0.5) is 5.82 Å². The van der Waals surface area contributed by atoms with Gasteiger partial charge in [0.05, 0.1) is 0 Å². The molecule has 0 aliphatic carbocycles. The Bertz CT molecular complexity index is 644. The van der Waals surface area contributed by atoms with Gasteiger partial charge in [-0.25, -0.2) is 4.98 Å². The fourth-order valence-electron chi connectivity index (χ4n) is 1.83. The molecule has 4 heteroatoms. The number of pyridine rings is 1. The Hall–Kier alpha value is -2.10. The number of nitrogens with one attached hydrogen (secondary N) is 1. The van der Waals surface area contributed by atoms with Gasteiger partial charge in [-0.05, 0) is 23.8 Å². The molecule has 4 nitrogen and oxygen atoms in total. The van der Waals surface area contributed by atoms with E-state index in [9.17, 15) is 4.79 Å². The molecule has 0 bridgehead atoms. The summed E-state index contributed by atoms with van der Waals surface area (Å²) in [7, 11) is 0. The number of hydrogen-bond donors (Lipinski definition) is 2. The molecular formula is C16H21N3O. The largest absolute Gasteiger partial charge is 0.383 e. The lowest BCUT2D eigenvalue weighted by atomic mass is 9.88. The van der Waals surface area contributed by atoms with E-state index in [-0.39, 0.29) is 17.4 Å². The molecule has 1 heterocycles. The van der Waals surface area contributed by atoms with Crippen LogP contribution in [0.3, 0.4) is 0 Å². The van der Waals surface area contributed by atoms with Crippen LogP contribution in [0.5, 0.6) is 0 Å². The first-order valence-corrected chi connectivity index (χ1v) is 6.75. The van der Waals surface area contributed by atoms with Crippen LogP contribution in [0.15, 0.2) is 30.3 Å². The van der Waals surface area contributed by atoms with Crippen molar-refractivity contribution in [3.8, 4) is 0 Å². The van der Waals surface area contributed by atoms with E-state index >= 15 is 0 Å². The Labute approximate surface area is 119 Å². The van der Waals surface area contributed by atoms with Crippen LogP contribution in [0.2, 0.25) is 0 Å². The number of aromatic nitrogens is 1. The summed E-state index contributed by atoms with van der Waals surface area (Å²) in [4.78, 5) is 16.5. The van der Waals surface area contributed by atoms with Gasteiger partial charge in [-0.3, -0.25) is 4.79 Å². The van der Waals surface area contributed by atoms with Crippen molar-refractivity contribution in [1.29, 1.82) is 0 Å². The number of amides is 1. The lowest BCUT2D eigenvalue weighted by Crippen LogP contribution is -2.41. The van der Waals surface area contributed by atoms with Gasteiger partial charge in [0.2, 0.25) is 0 Å². The molecule has 0 saturated heterocycles. The van der Waals surface area contributed by atoms with E-state index in [1.165, 1.54) is 0 Å². The number of fused-ring (bicyclic) bond motifs is 1. The predicted molar refractivity (Wildman–Crippen MR) is 82.5 cm³/mol. The normalized spacial score (nSPS) is 13.2. The summed E-state index contributed by atoms with van der Waals surface area (Å²) in [6, 6.07) is 9.47. The van der Waals surface area contributed by atoms with Crippen LogP contribution in [-0.4, -0.2) is 16.9 Å². The average molecular weight is 271 g/mol. The molecule has 106 valence electrons. The van der Waals surface area contributed by atoms with Gasteiger partial charge >= 0.3 is 0 Å². The second-order valence-electron chi connectivity index (χ2n) is 6.18. The number of nitrogens with zero attached hydrogens (tertiary/aromatic N) is 1. The molecule has 0 saturated carbocycles. The number of nitrogens with two attached hydrogens (primary N) is 1. The molecule has 1 aromatic carbocycles. The number of nitrogen functional groups attached to an aromatic ring is 1. The molecule has 20 heavy (non-hydrogen) atoms. The first kappa shape index (κ1) is 14.3. The summed E-state index contributed by atoms with van der Waals surface area (Å²) in [6.07, 6.45) is 0. The average Bonchev–Trinajstić information content (AvgIpc) is 2.37. The zero-order valence-electron chi connectivity index (χ0n) is 12.4. The van der Waals surface area contributed by atoms with Crippen molar-refractivity contribution in [1.82, 2.24) is 10.3 Å². The van der Waals surface area contributed by atoms with Crippen LogP contribution in [0, 0.1) is 5.41 Å². The topological polar surface area (TPSA) is 68.0 Å². The molecule has 0 aliphatic rings. The first-order valence-electron chi connectivity index (χ1n) is 6.75. The SMILES string of the molecule is CC(NC(=O)c1cc2ccccc2c(N)n1)C(C)(C)C. The van der Waals surface area contributed by atoms with Crippen molar-refractivity contribution in [2.75, 3.05) is 5.73 Å². The highest BCUT2D eigenvalue weighted by atomic mass is 16.1. The van der Waals surface area contributed by atoms with Gasteiger partial charge in [0.1, 0.15) is 11.5 Å². The number of carbonyl (C=O) groups is 1. The third-order valence-electron chi connectivity index (χ3n) is 3.65. The molecule has 1 atom stereocenters. The minimum atomic E-state index is -0.190. The Kier molecular flexibility index (Phi) is 3.66. The van der Waals surface area contributed by atoms with E-state index in [1.807, 2.05) is 31.2 Å². The van der Waals surface area contributed by atoms with Crippen LogP contribution < -0.4 is 11.1 Å². The third-order valence-corrected chi connectivity index (χ3v) is 3.65. The van der Waals surface area contributed by atoms with Gasteiger partial charge in [-0.1, -0.05) is 45.0 Å². The first-order chi connectivity index (χ1) is 9.29. The van der Waals surface area contributed by atoms with Gasteiger partial charge in [0.15, 0.2) is 0 Å². The summed E-state index contributed by atoms with van der Waals surface area (Å²) in [6.45, 7) is 8.24. The molecular weight excluding hydrogens is 250 g/mol. The number of hydrogen-bond acceptors (Lipinski definition) is 3. The molecule has 1 aromatic heterocycles. The van der Waals surface area contributed by atoms with Crippen molar-refractivity contribution < 1.29 is 4.79 Å². The predicted octanol–water partition coefficient (Wildman–Crippen LogP) is 2.98. The summed E-state index contributed by atoms with van der Waals surface area (Å²) in [5.74, 6) is 0.196. The zero-order valence-corrected chi connectivity index (χ0v) is 12.4. The van der Waals surface area contributed by atoms with Crippen molar-refractivity contribution >= 4 is 22.5 Å². The minimum Gasteiger partial charge on any atom is -0.383 e. The highest BCUT2D eigenvalue weighted by Gasteiger charge is 2.23. The fourth-order valence-corrected chi connectivity index (χ4v) is 1.83. The van der Waals surface area contributed by atoms with Crippen molar-refractivity contribution in [2.45, 2.75) is 33.7 Å². The van der Waals surface area contributed by atoms with Gasteiger partial charge < -0.3 is 11.1 Å². The number of anilines is 1. The fraction of sp³-hybridized carbons (Fsp3) is 0.375. The zero-order chi connectivity index (χ0) is 14.9. The smallest absolute Gasteiger partial charge is 0.270 e. The number of benzene rings is 1. The Morgan fingerprint density at radius 2 is 1.95 bits per heavy atom. The van der Waals surface area contributed by atoms with E-state index < -0.39 is 0 Å². The second kappa shape index (κ2) is 5.12. The summed E-state index contributed by atoms with van der Waals surface area (Å²) < 4.78 is 0. The number of carbonyl (C=O) groups excluding carboxylic acids is 1. The third kappa shape index (κ3) is 2.90. The summed E-state index contributed by atoms with van der Waals surface area (Å²) >= 11 is 0. The van der Waals surface area contributed by atoms with Crippen LogP contribution in [-0.2, 0) is 0 Å². The van der Waals surface area contributed by atoms with Crippen LogP contribution in [0.25, 0.3) is 10.8 Å². The molecule has 0 aliphatic heterocycles. The van der Waals surface area contributed by atoms with Crippen molar-refractivity contribution in [2.24, 2.45) is 5.41 Å². The summed E-state index contributed by atoms with van der Waals surface area (Å²) in [5.41, 5.74) is 6.28. The molecule has 1 unspecified atom stereocenters. The Morgan fingerprint density at radius 3 is 2.60 bits per heavy atom. The molecule has 2 aromatic rings. The molecule has 1 amide bonds. The van der Waals surface area contributed by atoms with E-state index in [4.69, 9.17) is 5.73 Å². The minimum absolute atomic E-state index is 0.00193. The Morgan fingerprint density at radius 1 is 1.30 bits per heavy atom. The van der Waals surface area contributed by atoms with E-state index in [0.29, 0.717) is 11.5 Å². The Balaban J connectivity index is 2.31. The van der Waals surface area contributed by atoms with Crippen molar-refractivity contribution in [3.05, 3.63) is 36.0 Å². The highest BCUT2D eigenvalue weighted by Crippen LogP contribution is 2.21. The van der Waals surface area contributed by atoms with Crippen LogP contribution >= 0.6 is 0 Å². The van der Waals surface area contributed by atoms with Gasteiger partial charge in [0.25, 0.3) is 5.91 Å². The molecule has 0 spiro atoms. The molecule has 2 rings (SSSR count). The van der Waals surface area contributed by atoms with Gasteiger partial charge in [-0.2, -0.15) is 0 Å². The maximum absolute atomic E-state index is 12.3. The van der Waals surface area contributed by atoms with E-state index in [2.05, 4.69) is 31.1 Å². The maximum Gasteiger partial charge on any atom is 0.270 e. The molecule has 3 N–H and O–H groups in total. The second-order valence-corrected chi connectivity index (χ2v) is 6.18. The van der Waals surface area contributed by atoms with E-state index in [0.717, 1.165) is 10.8 Å². The van der Waals surface area contributed by atoms with Crippen molar-refractivity contribution in [3.63, 3.8) is 0 Å². The van der Waals surface area contributed by atoms with Gasteiger partial charge in [0, 0.05) is 11.4 Å². The highest BCUT2D eigenvalue weighted by molar-refractivity contribution is 5.99. The maximum atomic E-state index is 12.3. The molecule has 0 fully saturated rings. The van der Waals surface area contributed by atoms with E-state index in [1.54, 1.807) is 6.07 Å². The van der Waals surface area contributed by atoms with Crippen LogP contribution in [0.1, 0.15) is 38.2 Å².